The minimum absolute atomic E-state index is 0.140. The highest BCUT2D eigenvalue weighted by Crippen LogP contribution is 2.34. The molecule has 0 bridgehead atoms. The molecular weight excluding hydrogens is 423 g/mol. The van der Waals surface area contributed by atoms with Crippen LogP contribution in [-0.4, -0.2) is 42.5 Å². The van der Waals surface area contributed by atoms with Crippen molar-refractivity contribution in [1.29, 1.82) is 0 Å². The van der Waals surface area contributed by atoms with Gasteiger partial charge in [0.05, 0.1) is 17.7 Å². The number of hydrogen-bond donors (Lipinski definition) is 1. The predicted octanol–water partition coefficient (Wildman–Crippen LogP) is 3.93. The van der Waals surface area contributed by atoms with Crippen LogP contribution in [-0.2, 0) is 6.42 Å². The fourth-order valence-corrected chi connectivity index (χ4v) is 4.19. The lowest BCUT2D eigenvalue weighted by atomic mass is 9.98. The number of pyridine rings is 1. The molecule has 5 aromatic rings. The van der Waals surface area contributed by atoms with E-state index in [-0.39, 0.29) is 17.6 Å². The molecule has 0 saturated heterocycles. The minimum Gasteiger partial charge on any atom is -0.412 e. The molecular formula is C24H17FN6O2. The summed E-state index contributed by atoms with van der Waals surface area (Å²) in [4.78, 5) is 27.4. The van der Waals surface area contributed by atoms with E-state index in [1.807, 2.05) is 30.3 Å². The first-order chi connectivity index (χ1) is 16.2. The molecule has 4 heterocycles. The number of H-pyrrole nitrogens is 1. The number of carbonyl (C=O) groups excluding carboxylic acids is 1. The fraction of sp³-hybridized carbons (Fsp3) is 0.125. The average molecular weight is 440 g/mol. The van der Waals surface area contributed by atoms with Gasteiger partial charge in [0, 0.05) is 35.8 Å². The third-order valence-corrected chi connectivity index (χ3v) is 5.82. The van der Waals surface area contributed by atoms with E-state index in [4.69, 9.17) is 4.42 Å². The number of aromatic amines is 1. The van der Waals surface area contributed by atoms with Gasteiger partial charge in [0.15, 0.2) is 0 Å². The van der Waals surface area contributed by atoms with Crippen molar-refractivity contribution in [2.75, 3.05) is 6.54 Å². The smallest absolute Gasteiger partial charge is 0.312 e. The van der Waals surface area contributed by atoms with Crippen molar-refractivity contribution in [2.24, 2.45) is 0 Å². The van der Waals surface area contributed by atoms with Gasteiger partial charge in [0.2, 0.25) is 5.89 Å². The van der Waals surface area contributed by atoms with Crippen LogP contribution in [0.2, 0.25) is 0 Å². The molecule has 1 aliphatic rings. The molecule has 0 spiro atoms. The Balaban J connectivity index is 1.39. The molecule has 8 nitrogen and oxygen atoms in total. The van der Waals surface area contributed by atoms with Crippen LogP contribution in [0.5, 0.6) is 0 Å². The minimum atomic E-state index is -0.502. The molecule has 0 fully saturated rings. The molecule has 1 amide bonds. The Labute approximate surface area is 187 Å². The van der Waals surface area contributed by atoms with E-state index in [2.05, 4.69) is 25.1 Å². The average Bonchev–Trinajstić information content (AvgIpc) is 3.53. The largest absolute Gasteiger partial charge is 0.412 e. The van der Waals surface area contributed by atoms with Gasteiger partial charge in [0.25, 0.3) is 0 Å². The van der Waals surface area contributed by atoms with E-state index in [9.17, 15) is 9.18 Å². The van der Waals surface area contributed by atoms with Crippen molar-refractivity contribution in [3.8, 4) is 11.5 Å². The van der Waals surface area contributed by atoms with Crippen LogP contribution in [0.1, 0.15) is 33.8 Å². The first-order valence-electron chi connectivity index (χ1n) is 10.4. The van der Waals surface area contributed by atoms with E-state index in [1.54, 1.807) is 17.4 Å². The van der Waals surface area contributed by atoms with Gasteiger partial charge in [-0.25, -0.2) is 9.37 Å². The molecule has 33 heavy (non-hydrogen) atoms. The van der Waals surface area contributed by atoms with E-state index in [1.165, 1.54) is 24.3 Å². The molecule has 0 aliphatic carbocycles. The summed E-state index contributed by atoms with van der Waals surface area (Å²) in [5.41, 5.74) is 2.95. The molecule has 9 heteroatoms. The number of carbonyl (C=O) groups is 1. The summed E-state index contributed by atoms with van der Waals surface area (Å²) in [6, 6.07) is 15.0. The highest BCUT2D eigenvalue weighted by Gasteiger charge is 2.37. The van der Waals surface area contributed by atoms with Crippen molar-refractivity contribution < 1.29 is 13.6 Å². The molecule has 0 saturated carbocycles. The maximum Gasteiger partial charge on any atom is 0.312 e. The molecule has 3 aromatic heterocycles. The maximum atomic E-state index is 13.5. The van der Waals surface area contributed by atoms with Crippen LogP contribution in [0.4, 0.5) is 4.39 Å². The van der Waals surface area contributed by atoms with E-state index in [0.717, 1.165) is 22.2 Å². The summed E-state index contributed by atoms with van der Waals surface area (Å²) >= 11 is 0. The SMILES string of the molecule is O=C(c1nnc(-c2ccc(F)cc2)o1)N1CCc2[nH]cnc2[C@H]1c1cc2ccccc2cn1. The lowest BCUT2D eigenvalue weighted by Gasteiger charge is -2.33. The van der Waals surface area contributed by atoms with Gasteiger partial charge in [-0.2, -0.15) is 0 Å². The highest BCUT2D eigenvalue weighted by molar-refractivity contribution is 5.91. The van der Waals surface area contributed by atoms with Crippen LogP contribution < -0.4 is 0 Å². The molecule has 0 radical (unpaired) electrons. The Hall–Kier alpha value is -4.40. The molecule has 162 valence electrons. The number of imidazole rings is 1. The van der Waals surface area contributed by atoms with Crippen LogP contribution >= 0.6 is 0 Å². The summed E-state index contributed by atoms with van der Waals surface area (Å²) < 4.78 is 18.9. The normalized spacial score (nSPS) is 15.5. The van der Waals surface area contributed by atoms with Gasteiger partial charge in [-0.1, -0.05) is 24.3 Å². The topological polar surface area (TPSA) is 101 Å². The summed E-state index contributed by atoms with van der Waals surface area (Å²) in [6.45, 7) is 0.432. The zero-order valence-electron chi connectivity index (χ0n) is 17.3. The molecule has 0 unspecified atom stereocenters. The second kappa shape index (κ2) is 7.63. The van der Waals surface area contributed by atoms with Gasteiger partial charge in [-0.15, -0.1) is 10.2 Å². The van der Waals surface area contributed by atoms with Gasteiger partial charge in [0.1, 0.15) is 11.9 Å². The molecule has 1 atom stereocenters. The fourth-order valence-electron chi connectivity index (χ4n) is 4.19. The zero-order valence-corrected chi connectivity index (χ0v) is 17.3. The summed E-state index contributed by atoms with van der Waals surface area (Å²) in [5.74, 6) is -0.775. The van der Waals surface area contributed by atoms with Crippen LogP contribution in [0, 0.1) is 5.82 Å². The number of hydrogen-bond acceptors (Lipinski definition) is 6. The Morgan fingerprint density at radius 1 is 1.06 bits per heavy atom. The molecule has 1 aliphatic heterocycles. The monoisotopic (exact) mass is 440 g/mol. The number of rotatable bonds is 3. The number of amides is 1. The van der Waals surface area contributed by atoms with Gasteiger partial charge in [-0.3, -0.25) is 9.78 Å². The van der Waals surface area contributed by atoms with E-state index < -0.39 is 11.9 Å². The standard InChI is InChI=1S/C24H17FN6O2/c25-17-7-5-14(6-8-17)22-29-30-23(33-22)24(32)31-10-9-18-20(28-13-27-18)21(31)19-11-15-3-1-2-4-16(15)12-26-19/h1-8,11-13,21H,9-10H2,(H,27,28)/t21-/m1/s1. The van der Waals surface area contributed by atoms with Crippen LogP contribution in [0.3, 0.4) is 0 Å². The van der Waals surface area contributed by atoms with Gasteiger partial charge >= 0.3 is 11.8 Å². The number of aromatic nitrogens is 5. The Bertz CT molecular complexity index is 1480. The van der Waals surface area contributed by atoms with Gasteiger partial charge in [-0.05, 0) is 35.7 Å². The number of nitrogens with zero attached hydrogens (tertiary/aromatic N) is 5. The van der Waals surface area contributed by atoms with Crippen LogP contribution in [0.15, 0.2) is 71.5 Å². The molecule has 1 N–H and O–H groups in total. The molecule has 2 aromatic carbocycles. The van der Waals surface area contributed by atoms with Crippen LogP contribution in [0.25, 0.3) is 22.2 Å². The quantitative estimate of drug-likeness (QED) is 0.456. The predicted molar refractivity (Wildman–Crippen MR) is 117 cm³/mol. The number of benzene rings is 2. The first kappa shape index (κ1) is 19.3. The summed E-state index contributed by atoms with van der Waals surface area (Å²) in [6.07, 6.45) is 4.05. The van der Waals surface area contributed by atoms with Gasteiger partial charge < -0.3 is 14.3 Å². The van der Waals surface area contributed by atoms with Crippen molar-refractivity contribution in [3.05, 3.63) is 95.9 Å². The van der Waals surface area contributed by atoms with Crippen molar-refractivity contribution in [2.45, 2.75) is 12.5 Å². The summed E-state index contributed by atoms with van der Waals surface area (Å²) in [7, 11) is 0. The van der Waals surface area contributed by atoms with Crippen molar-refractivity contribution in [3.63, 3.8) is 0 Å². The Morgan fingerprint density at radius 3 is 2.73 bits per heavy atom. The second-order valence-corrected chi connectivity index (χ2v) is 7.79. The third kappa shape index (κ3) is 3.34. The maximum absolute atomic E-state index is 13.5. The number of nitrogens with one attached hydrogen (secondary N) is 1. The van der Waals surface area contributed by atoms with E-state index in [0.29, 0.717) is 24.2 Å². The first-order valence-corrected chi connectivity index (χ1v) is 10.4. The lowest BCUT2D eigenvalue weighted by molar-refractivity contribution is 0.0647. The van der Waals surface area contributed by atoms with E-state index >= 15 is 0 Å². The number of fused-ring (bicyclic) bond motifs is 2. The molecule has 6 rings (SSSR count). The van der Waals surface area contributed by atoms with Crippen molar-refractivity contribution in [1.82, 2.24) is 30.0 Å². The second-order valence-electron chi connectivity index (χ2n) is 7.79. The third-order valence-electron chi connectivity index (χ3n) is 5.82. The number of halogens is 1. The highest BCUT2D eigenvalue weighted by atomic mass is 19.1. The Kier molecular flexibility index (Phi) is 4.46. The Morgan fingerprint density at radius 2 is 1.88 bits per heavy atom. The zero-order chi connectivity index (χ0) is 22.4. The lowest BCUT2D eigenvalue weighted by Crippen LogP contribution is -2.41. The van der Waals surface area contributed by atoms with Crippen molar-refractivity contribution >= 4 is 16.7 Å². The summed E-state index contributed by atoms with van der Waals surface area (Å²) in [5, 5.41) is 9.98.